The Labute approximate surface area is 89.4 Å². The Kier molecular flexibility index (Phi) is 2.49. The van der Waals surface area contributed by atoms with Crippen molar-refractivity contribution in [2.45, 2.75) is 33.3 Å². The summed E-state index contributed by atoms with van der Waals surface area (Å²) in [6, 6.07) is 3.86. The molecular formula is C12H16N2O. The van der Waals surface area contributed by atoms with Crippen LogP contribution in [0.1, 0.15) is 36.7 Å². The van der Waals surface area contributed by atoms with Gasteiger partial charge in [0.25, 0.3) is 0 Å². The Morgan fingerprint density at radius 3 is 2.73 bits per heavy atom. The third kappa shape index (κ3) is 1.63. The molecule has 0 bridgehead atoms. The number of aromatic nitrogens is 2. The van der Waals surface area contributed by atoms with E-state index < -0.39 is 0 Å². The number of imidazole rings is 1. The van der Waals surface area contributed by atoms with Gasteiger partial charge in [-0.2, -0.15) is 0 Å². The third-order valence-electron chi connectivity index (χ3n) is 2.68. The van der Waals surface area contributed by atoms with Gasteiger partial charge in [0.05, 0.1) is 12.3 Å². The van der Waals surface area contributed by atoms with Gasteiger partial charge in [-0.1, -0.05) is 19.9 Å². The van der Waals surface area contributed by atoms with E-state index in [0.717, 1.165) is 22.6 Å². The van der Waals surface area contributed by atoms with Crippen molar-refractivity contribution < 1.29 is 5.11 Å². The highest BCUT2D eigenvalue weighted by Crippen LogP contribution is 2.20. The lowest BCUT2D eigenvalue weighted by atomic mass is 10.1. The number of hydrogen-bond donors (Lipinski definition) is 1. The van der Waals surface area contributed by atoms with Gasteiger partial charge in [0.2, 0.25) is 0 Å². The van der Waals surface area contributed by atoms with Crippen LogP contribution < -0.4 is 0 Å². The van der Waals surface area contributed by atoms with Crippen molar-refractivity contribution in [3.05, 3.63) is 35.3 Å². The second kappa shape index (κ2) is 3.66. The summed E-state index contributed by atoms with van der Waals surface area (Å²) in [6.45, 7) is 6.42. The lowest BCUT2D eigenvalue weighted by Crippen LogP contribution is -1.93. The molecule has 0 fully saturated rings. The first kappa shape index (κ1) is 10.2. The largest absolute Gasteiger partial charge is 0.392 e. The molecular weight excluding hydrogens is 188 g/mol. The highest BCUT2D eigenvalue weighted by atomic mass is 16.3. The summed E-state index contributed by atoms with van der Waals surface area (Å²) < 4.78 is 2.04. The predicted octanol–water partition coefficient (Wildman–Crippen LogP) is 2.26. The van der Waals surface area contributed by atoms with E-state index in [1.54, 1.807) is 0 Å². The molecule has 0 radical (unpaired) electrons. The molecule has 0 unspecified atom stereocenters. The first-order chi connectivity index (χ1) is 7.13. The molecule has 0 aliphatic heterocycles. The van der Waals surface area contributed by atoms with E-state index in [2.05, 4.69) is 25.8 Å². The fraction of sp³-hybridized carbons (Fsp3) is 0.417. The Balaban J connectivity index is 2.66. The van der Waals surface area contributed by atoms with Gasteiger partial charge in [0, 0.05) is 11.9 Å². The average Bonchev–Trinajstić information content (AvgIpc) is 2.56. The number of aliphatic hydroxyl groups excluding tert-OH is 1. The Bertz CT molecular complexity index is 486. The first-order valence-corrected chi connectivity index (χ1v) is 5.22. The number of aliphatic hydroxyl groups is 1. The number of fused-ring (bicyclic) bond motifs is 1. The van der Waals surface area contributed by atoms with Crippen LogP contribution in [0, 0.1) is 6.92 Å². The maximum Gasteiger partial charge on any atom is 0.137 e. The molecule has 0 saturated carbocycles. The van der Waals surface area contributed by atoms with Gasteiger partial charge in [-0.3, -0.25) is 0 Å². The number of aryl methyl sites for hydroxylation is 1. The fourth-order valence-electron chi connectivity index (χ4n) is 1.86. The molecule has 2 aromatic rings. The minimum atomic E-state index is 0.0740. The normalized spacial score (nSPS) is 11.5. The molecule has 3 nitrogen and oxygen atoms in total. The van der Waals surface area contributed by atoms with Gasteiger partial charge >= 0.3 is 0 Å². The Hall–Kier alpha value is -1.35. The predicted molar refractivity (Wildman–Crippen MR) is 59.9 cm³/mol. The number of pyridine rings is 1. The lowest BCUT2D eigenvalue weighted by molar-refractivity contribution is 0.281. The average molecular weight is 204 g/mol. The second-order valence-electron chi connectivity index (χ2n) is 4.16. The zero-order valence-electron chi connectivity index (χ0n) is 9.36. The van der Waals surface area contributed by atoms with E-state index in [9.17, 15) is 0 Å². The first-order valence-electron chi connectivity index (χ1n) is 5.22. The van der Waals surface area contributed by atoms with Crippen molar-refractivity contribution in [2.75, 3.05) is 0 Å². The number of hydrogen-bond acceptors (Lipinski definition) is 2. The molecule has 0 aromatic carbocycles. The highest BCUT2D eigenvalue weighted by molar-refractivity contribution is 5.45. The quantitative estimate of drug-likeness (QED) is 0.814. The van der Waals surface area contributed by atoms with Crippen LogP contribution in [0.25, 0.3) is 5.65 Å². The number of rotatable bonds is 2. The smallest absolute Gasteiger partial charge is 0.137 e. The summed E-state index contributed by atoms with van der Waals surface area (Å²) in [5, 5.41) is 9.07. The molecule has 0 atom stereocenters. The van der Waals surface area contributed by atoms with E-state index in [1.807, 2.05) is 22.7 Å². The van der Waals surface area contributed by atoms with Crippen molar-refractivity contribution in [3.63, 3.8) is 0 Å². The Morgan fingerprint density at radius 2 is 2.13 bits per heavy atom. The van der Waals surface area contributed by atoms with Crippen molar-refractivity contribution >= 4 is 5.65 Å². The van der Waals surface area contributed by atoms with E-state index >= 15 is 0 Å². The van der Waals surface area contributed by atoms with Crippen LogP contribution in [0.15, 0.2) is 18.3 Å². The van der Waals surface area contributed by atoms with E-state index in [0.29, 0.717) is 5.92 Å². The summed E-state index contributed by atoms with van der Waals surface area (Å²) in [5.41, 5.74) is 4.16. The summed E-state index contributed by atoms with van der Waals surface area (Å²) >= 11 is 0. The molecule has 2 heterocycles. The molecule has 0 saturated heterocycles. The van der Waals surface area contributed by atoms with Crippen LogP contribution in [0.2, 0.25) is 0 Å². The van der Waals surface area contributed by atoms with E-state index in [-0.39, 0.29) is 6.61 Å². The molecule has 0 spiro atoms. The van der Waals surface area contributed by atoms with Gasteiger partial charge in [-0.05, 0) is 24.5 Å². The zero-order valence-corrected chi connectivity index (χ0v) is 9.36. The van der Waals surface area contributed by atoms with Crippen LogP contribution in [0.5, 0.6) is 0 Å². The molecule has 2 aromatic heterocycles. The maximum absolute atomic E-state index is 9.07. The van der Waals surface area contributed by atoms with Gasteiger partial charge in [0.1, 0.15) is 5.65 Å². The Morgan fingerprint density at radius 1 is 1.40 bits per heavy atom. The topological polar surface area (TPSA) is 37.5 Å². The van der Waals surface area contributed by atoms with Crippen LogP contribution >= 0.6 is 0 Å². The van der Waals surface area contributed by atoms with E-state index in [4.69, 9.17) is 5.11 Å². The monoisotopic (exact) mass is 204 g/mol. The summed E-state index contributed by atoms with van der Waals surface area (Å²) in [6.07, 6.45) is 1.95. The van der Waals surface area contributed by atoms with Gasteiger partial charge in [-0.15, -0.1) is 0 Å². The number of nitrogens with zero attached hydrogens (tertiary/aromatic N) is 2. The molecule has 3 heteroatoms. The molecule has 0 aliphatic rings. The van der Waals surface area contributed by atoms with Gasteiger partial charge in [-0.25, -0.2) is 4.98 Å². The third-order valence-corrected chi connectivity index (χ3v) is 2.68. The van der Waals surface area contributed by atoms with Crippen LogP contribution in [0.3, 0.4) is 0 Å². The molecule has 0 aliphatic carbocycles. The summed E-state index contributed by atoms with van der Waals surface area (Å²) in [4.78, 5) is 4.57. The van der Waals surface area contributed by atoms with Gasteiger partial charge in [0.15, 0.2) is 0 Å². The van der Waals surface area contributed by atoms with Crippen molar-refractivity contribution in [2.24, 2.45) is 0 Å². The zero-order chi connectivity index (χ0) is 11.0. The summed E-state index contributed by atoms with van der Waals surface area (Å²) in [5.74, 6) is 0.433. The molecule has 0 amide bonds. The van der Waals surface area contributed by atoms with E-state index in [1.165, 1.54) is 0 Å². The fourth-order valence-corrected chi connectivity index (χ4v) is 1.86. The standard InChI is InChI=1S/C12H16N2O/c1-8(2)12-9(3)14-6-10(7-15)4-5-11(14)13-12/h4-6,8,15H,7H2,1-3H3. The SMILES string of the molecule is Cc1c(C(C)C)nc2ccc(CO)cn12. The molecule has 80 valence electrons. The van der Waals surface area contributed by atoms with Crippen molar-refractivity contribution in [1.29, 1.82) is 0 Å². The summed E-state index contributed by atoms with van der Waals surface area (Å²) in [7, 11) is 0. The van der Waals surface area contributed by atoms with Crippen LogP contribution in [-0.4, -0.2) is 14.5 Å². The van der Waals surface area contributed by atoms with Crippen LogP contribution in [-0.2, 0) is 6.61 Å². The minimum Gasteiger partial charge on any atom is -0.392 e. The van der Waals surface area contributed by atoms with Crippen molar-refractivity contribution in [3.8, 4) is 0 Å². The molecule has 1 N–H and O–H groups in total. The highest BCUT2D eigenvalue weighted by Gasteiger charge is 2.11. The van der Waals surface area contributed by atoms with Crippen LogP contribution in [0.4, 0.5) is 0 Å². The minimum absolute atomic E-state index is 0.0740. The lowest BCUT2D eigenvalue weighted by Gasteiger charge is -2.02. The van der Waals surface area contributed by atoms with Gasteiger partial charge < -0.3 is 9.51 Å². The second-order valence-corrected chi connectivity index (χ2v) is 4.16. The molecule has 15 heavy (non-hydrogen) atoms. The molecule has 2 rings (SSSR count). The maximum atomic E-state index is 9.07. The van der Waals surface area contributed by atoms with Crippen molar-refractivity contribution in [1.82, 2.24) is 9.38 Å².